The lowest BCUT2D eigenvalue weighted by Crippen LogP contribution is -2.47. The highest BCUT2D eigenvalue weighted by atomic mass is 35.5. The lowest BCUT2D eigenvalue weighted by molar-refractivity contribution is 0.0955. The molecular formula is C15H21ClN2O2. The van der Waals surface area contributed by atoms with Gasteiger partial charge in [0, 0.05) is 12.6 Å². The lowest BCUT2D eigenvalue weighted by Gasteiger charge is -2.34. The summed E-state index contributed by atoms with van der Waals surface area (Å²) < 4.78 is 5.69. The number of likely N-dealkylation sites (tertiary alicyclic amines) is 1. The summed E-state index contributed by atoms with van der Waals surface area (Å²) in [7, 11) is 0. The predicted molar refractivity (Wildman–Crippen MR) is 79.1 cm³/mol. The van der Waals surface area contributed by atoms with E-state index >= 15 is 0 Å². The maximum absolute atomic E-state index is 10.3. The molecule has 0 amide bonds. The maximum atomic E-state index is 10.3. The van der Waals surface area contributed by atoms with Gasteiger partial charge in [0.15, 0.2) is 0 Å². The largest absolute Gasteiger partial charge is 0.489 e. The number of rotatable bonds is 6. The third-order valence-electron chi connectivity index (χ3n) is 3.94. The molecule has 4 nitrogen and oxygen atoms in total. The van der Waals surface area contributed by atoms with Crippen molar-refractivity contribution < 1.29 is 9.84 Å². The van der Waals surface area contributed by atoms with E-state index in [0.29, 0.717) is 16.9 Å². The molecule has 20 heavy (non-hydrogen) atoms. The van der Waals surface area contributed by atoms with E-state index < -0.39 is 6.10 Å². The average molecular weight is 297 g/mol. The van der Waals surface area contributed by atoms with Crippen LogP contribution in [0.4, 0.5) is 0 Å². The monoisotopic (exact) mass is 296 g/mol. The van der Waals surface area contributed by atoms with Crippen molar-refractivity contribution in [2.45, 2.75) is 37.5 Å². The third kappa shape index (κ3) is 3.26. The summed E-state index contributed by atoms with van der Waals surface area (Å²) in [6.45, 7) is 2.88. The second-order valence-corrected chi connectivity index (χ2v) is 6.18. The summed E-state index contributed by atoms with van der Waals surface area (Å²) in [5.41, 5.74) is 6.83. The van der Waals surface area contributed by atoms with Crippen LogP contribution in [0.2, 0.25) is 5.02 Å². The Morgan fingerprint density at radius 2 is 2.15 bits per heavy atom. The van der Waals surface area contributed by atoms with Crippen molar-refractivity contribution in [3.05, 3.63) is 28.8 Å². The van der Waals surface area contributed by atoms with Gasteiger partial charge < -0.3 is 20.5 Å². The molecule has 3 N–H and O–H groups in total. The Morgan fingerprint density at radius 3 is 2.70 bits per heavy atom. The van der Waals surface area contributed by atoms with Crippen LogP contribution in [0.15, 0.2) is 18.2 Å². The smallest absolute Gasteiger partial charge is 0.138 e. The van der Waals surface area contributed by atoms with E-state index in [1.807, 2.05) is 12.1 Å². The first-order valence-corrected chi connectivity index (χ1v) is 7.63. The van der Waals surface area contributed by atoms with Crippen LogP contribution in [0.25, 0.3) is 0 Å². The van der Waals surface area contributed by atoms with Crippen LogP contribution in [0.5, 0.6) is 5.75 Å². The Labute approximate surface area is 124 Å². The Kier molecular flexibility index (Phi) is 4.17. The second kappa shape index (κ2) is 5.90. The summed E-state index contributed by atoms with van der Waals surface area (Å²) in [4.78, 5) is 2.25. The molecule has 1 aliphatic heterocycles. The van der Waals surface area contributed by atoms with E-state index in [1.54, 1.807) is 6.07 Å². The zero-order valence-electron chi connectivity index (χ0n) is 11.5. The first-order chi connectivity index (χ1) is 9.63. The van der Waals surface area contributed by atoms with Crippen LogP contribution in [-0.2, 0) is 0 Å². The molecule has 2 atom stereocenters. The normalized spacial score (nSPS) is 22.1. The zero-order valence-corrected chi connectivity index (χ0v) is 12.2. The van der Waals surface area contributed by atoms with Gasteiger partial charge in [0.05, 0.1) is 17.2 Å². The van der Waals surface area contributed by atoms with Crippen molar-refractivity contribution in [3.8, 4) is 5.75 Å². The number of halogens is 1. The Bertz CT molecular complexity index is 475. The Morgan fingerprint density at radius 1 is 1.40 bits per heavy atom. The summed E-state index contributed by atoms with van der Waals surface area (Å²) in [6.07, 6.45) is 3.05. The van der Waals surface area contributed by atoms with Gasteiger partial charge in [-0.05, 0) is 50.0 Å². The molecule has 1 aromatic carbocycles. The van der Waals surface area contributed by atoms with E-state index in [1.165, 1.54) is 6.42 Å². The summed E-state index contributed by atoms with van der Waals surface area (Å²) in [5.74, 6) is 0.696. The fourth-order valence-corrected chi connectivity index (χ4v) is 2.61. The van der Waals surface area contributed by atoms with Gasteiger partial charge in [-0.1, -0.05) is 17.7 Å². The third-order valence-corrected chi connectivity index (χ3v) is 4.23. The summed E-state index contributed by atoms with van der Waals surface area (Å²) in [6, 6.07) is 5.15. The minimum atomic E-state index is -0.692. The molecule has 3 rings (SSSR count). The number of aliphatic hydroxyl groups is 1. The minimum absolute atomic E-state index is 0.290. The van der Waals surface area contributed by atoms with Gasteiger partial charge in [0.25, 0.3) is 0 Å². The van der Waals surface area contributed by atoms with Crippen LogP contribution in [-0.4, -0.2) is 41.8 Å². The molecule has 2 unspecified atom stereocenters. The zero-order chi connectivity index (χ0) is 14.1. The molecule has 0 aromatic heterocycles. The van der Waals surface area contributed by atoms with Gasteiger partial charge in [-0.3, -0.25) is 0 Å². The number of ether oxygens (including phenoxy) is 1. The molecule has 0 bridgehead atoms. The molecule has 1 saturated carbocycles. The number of benzene rings is 1. The van der Waals surface area contributed by atoms with E-state index in [0.717, 1.165) is 38.0 Å². The standard InChI is InChI=1S/C15H21ClN2O2/c16-12-8-10(2-5-14(12)20-11-3-4-11)15(19)13(17)9-18-6-1-7-18/h2,5,8,11,13,15,19H,1,3-4,6-7,9,17H2. The SMILES string of the molecule is NC(CN1CCC1)C(O)c1ccc(OC2CC2)c(Cl)c1. The van der Waals surface area contributed by atoms with Crippen molar-refractivity contribution in [1.29, 1.82) is 0 Å². The number of nitrogens with two attached hydrogens (primary N) is 1. The fourth-order valence-electron chi connectivity index (χ4n) is 2.37. The van der Waals surface area contributed by atoms with Crippen LogP contribution in [0.1, 0.15) is 30.9 Å². The maximum Gasteiger partial charge on any atom is 0.138 e. The molecule has 1 heterocycles. The van der Waals surface area contributed by atoms with Crippen LogP contribution in [0, 0.1) is 0 Å². The number of hydrogen-bond acceptors (Lipinski definition) is 4. The highest BCUT2D eigenvalue weighted by Gasteiger charge is 2.26. The van der Waals surface area contributed by atoms with Gasteiger partial charge in [0.2, 0.25) is 0 Å². The number of aliphatic hydroxyl groups excluding tert-OH is 1. The molecule has 1 aromatic rings. The molecule has 110 valence electrons. The quantitative estimate of drug-likeness (QED) is 0.842. The van der Waals surface area contributed by atoms with Gasteiger partial charge in [-0.25, -0.2) is 0 Å². The molecule has 1 saturated heterocycles. The van der Waals surface area contributed by atoms with E-state index in [9.17, 15) is 5.11 Å². The lowest BCUT2D eigenvalue weighted by atomic mass is 10.0. The van der Waals surface area contributed by atoms with Crippen LogP contribution >= 0.6 is 11.6 Å². The first kappa shape index (κ1) is 14.1. The summed E-state index contributed by atoms with van der Waals surface area (Å²) in [5, 5.41) is 10.9. The van der Waals surface area contributed by atoms with Gasteiger partial charge >= 0.3 is 0 Å². The van der Waals surface area contributed by atoms with Crippen molar-refractivity contribution in [1.82, 2.24) is 4.90 Å². The van der Waals surface area contributed by atoms with E-state index in [-0.39, 0.29) is 6.04 Å². The molecule has 0 radical (unpaired) electrons. The van der Waals surface area contributed by atoms with Crippen molar-refractivity contribution in [3.63, 3.8) is 0 Å². The van der Waals surface area contributed by atoms with Crippen molar-refractivity contribution >= 4 is 11.6 Å². The topological polar surface area (TPSA) is 58.7 Å². The Hall–Kier alpha value is -0.810. The van der Waals surface area contributed by atoms with Gasteiger partial charge in [-0.15, -0.1) is 0 Å². The number of nitrogens with zero attached hydrogens (tertiary/aromatic N) is 1. The molecule has 2 fully saturated rings. The van der Waals surface area contributed by atoms with Crippen LogP contribution in [0.3, 0.4) is 0 Å². The predicted octanol–water partition coefficient (Wildman–Crippen LogP) is 1.95. The second-order valence-electron chi connectivity index (χ2n) is 5.77. The summed E-state index contributed by atoms with van der Waals surface area (Å²) >= 11 is 6.21. The highest BCUT2D eigenvalue weighted by molar-refractivity contribution is 6.32. The number of hydrogen-bond donors (Lipinski definition) is 2. The highest BCUT2D eigenvalue weighted by Crippen LogP contribution is 2.33. The fraction of sp³-hybridized carbons (Fsp3) is 0.600. The van der Waals surface area contributed by atoms with Crippen LogP contribution < -0.4 is 10.5 Å². The van der Waals surface area contributed by atoms with E-state index in [4.69, 9.17) is 22.1 Å². The molecule has 5 heteroatoms. The minimum Gasteiger partial charge on any atom is -0.489 e. The van der Waals surface area contributed by atoms with Gasteiger partial charge in [0.1, 0.15) is 5.75 Å². The first-order valence-electron chi connectivity index (χ1n) is 7.25. The van der Waals surface area contributed by atoms with Gasteiger partial charge in [-0.2, -0.15) is 0 Å². The molecule has 1 aliphatic carbocycles. The van der Waals surface area contributed by atoms with Crippen molar-refractivity contribution in [2.24, 2.45) is 5.73 Å². The molecule has 0 spiro atoms. The molecule has 2 aliphatic rings. The molecular weight excluding hydrogens is 276 g/mol. The Balaban J connectivity index is 1.63. The van der Waals surface area contributed by atoms with Crippen molar-refractivity contribution in [2.75, 3.05) is 19.6 Å². The van der Waals surface area contributed by atoms with E-state index in [2.05, 4.69) is 4.90 Å². The average Bonchev–Trinajstić information content (AvgIpc) is 3.19.